The number of anilines is 1. The first-order valence-corrected chi connectivity index (χ1v) is 7.67. The number of Topliss-reactive ketones (excluding diaryl/α,β-unsaturated/α-hetero) is 1. The highest BCUT2D eigenvalue weighted by Gasteiger charge is 2.09. The predicted molar refractivity (Wildman–Crippen MR) is 92.7 cm³/mol. The van der Waals surface area contributed by atoms with Crippen molar-refractivity contribution >= 4 is 23.3 Å². The van der Waals surface area contributed by atoms with Gasteiger partial charge < -0.3 is 14.8 Å². The zero-order chi connectivity index (χ0) is 18.9. The lowest BCUT2D eigenvalue weighted by Crippen LogP contribution is -2.23. The minimum atomic E-state index is -0.698. The number of nitrogens with zero attached hydrogens (tertiary/aromatic N) is 1. The molecule has 0 aliphatic rings. The highest BCUT2D eigenvalue weighted by atomic mass is 16.6. The van der Waals surface area contributed by atoms with Crippen molar-refractivity contribution in [1.82, 2.24) is 0 Å². The van der Waals surface area contributed by atoms with E-state index in [9.17, 15) is 14.4 Å². The topological polar surface area (TPSA) is 105 Å². The van der Waals surface area contributed by atoms with E-state index in [2.05, 4.69) is 5.32 Å². The smallest absolute Gasteiger partial charge is 0.344 e. The monoisotopic (exact) mass is 352 g/mol. The molecule has 1 N–H and O–H groups in total. The van der Waals surface area contributed by atoms with E-state index >= 15 is 0 Å². The van der Waals surface area contributed by atoms with Gasteiger partial charge in [-0.3, -0.25) is 9.59 Å². The molecular weight excluding hydrogens is 336 g/mol. The van der Waals surface area contributed by atoms with Gasteiger partial charge in [0.2, 0.25) is 0 Å². The molecule has 0 heterocycles. The lowest BCUT2D eigenvalue weighted by molar-refractivity contribution is -0.149. The van der Waals surface area contributed by atoms with Gasteiger partial charge in [0.05, 0.1) is 11.6 Å². The summed E-state index contributed by atoms with van der Waals surface area (Å²) in [6.45, 7) is 0.642. The quantitative estimate of drug-likeness (QED) is 0.605. The molecule has 2 aromatic rings. The van der Waals surface area contributed by atoms with Crippen molar-refractivity contribution in [3.63, 3.8) is 0 Å². The fraction of sp³-hybridized carbons (Fsp3) is 0.158. The average Bonchev–Trinajstić information content (AvgIpc) is 2.65. The molecule has 2 aromatic carbocycles. The zero-order valence-electron chi connectivity index (χ0n) is 14.0. The van der Waals surface area contributed by atoms with Crippen LogP contribution in [0.2, 0.25) is 0 Å². The van der Waals surface area contributed by atoms with Crippen LogP contribution in [0.5, 0.6) is 5.75 Å². The number of amides is 1. The van der Waals surface area contributed by atoms with Crippen molar-refractivity contribution in [2.45, 2.75) is 6.92 Å². The fourth-order valence-corrected chi connectivity index (χ4v) is 1.94. The molecule has 0 radical (unpaired) electrons. The summed E-state index contributed by atoms with van der Waals surface area (Å²) in [4.78, 5) is 34.5. The summed E-state index contributed by atoms with van der Waals surface area (Å²) in [5.41, 5.74) is 1.51. The fourth-order valence-electron chi connectivity index (χ4n) is 1.94. The number of ketones is 1. The van der Waals surface area contributed by atoms with Gasteiger partial charge in [-0.1, -0.05) is 0 Å². The number of nitrogens with one attached hydrogen (secondary N) is 1. The normalized spacial score (nSPS) is 9.69. The lowest BCUT2D eigenvalue weighted by Gasteiger charge is -2.08. The van der Waals surface area contributed by atoms with Crippen LogP contribution in [0.1, 0.15) is 22.8 Å². The molecule has 0 aliphatic heterocycles. The molecule has 7 nitrogen and oxygen atoms in total. The Balaban J connectivity index is 1.73. The average molecular weight is 352 g/mol. The van der Waals surface area contributed by atoms with Gasteiger partial charge in [-0.25, -0.2) is 4.79 Å². The van der Waals surface area contributed by atoms with Gasteiger partial charge in [-0.2, -0.15) is 5.26 Å². The maximum atomic E-state index is 11.8. The number of benzene rings is 2. The molecule has 1 amide bonds. The van der Waals surface area contributed by atoms with Crippen LogP contribution in [0.15, 0.2) is 48.5 Å². The van der Waals surface area contributed by atoms with Gasteiger partial charge in [0.25, 0.3) is 5.91 Å². The van der Waals surface area contributed by atoms with E-state index < -0.39 is 18.5 Å². The van der Waals surface area contributed by atoms with E-state index in [0.29, 0.717) is 22.6 Å². The highest BCUT2D eigenvalue weighted by molar-refractivity contribution is 5.96. The van der Waals surface area contributed by atoms with Gasteiger partial charge in [0, 0.05) is 11.3 Å². The first-order valence-electron chi connectivity index (χ1n) is 7.67. The van der Waals surface area contributed by atoms with Crippen LogP contribution >= 0.6 is 0 Å². The van der Waals surface area contributed by atoms with E-state index in [1.54, 1.807) is 48.5 Å². The van der Waals surface area contributed by atoms with Crippen molar-refractivity contribution in [1.29, 1.82) is 5.26 Å². The highest BCUT2D eigenvalue weighted by Crippen LogP contribution is 2.12. The molecule has 26 heavy (non-hydrogen) atoms. The number of hydrogen-bond donors (Lipinski definition) is 1. The van der Waals surface area contributed by atoms with Crippen molar-refractivity contribution in [2.75, 3.05) is 18.5 Å². The lowest BCUT2D eigenvalue weighted by atomic mass is 10.1. The number of carbonyl (C=O) groups is 3. The third kappa shape index (κ3) is 5.76. The first kappa shape index (κ1) is 18.7. The molecule has 0 atom stereocenters. The second-order valence-electron chi connectivity index (χ2n) is 5.27. The van der Waals surface area contributed by atoms with Crippen molar-refractivity contribution in [2.24, 2.45) is 0 Å². The maximum absolute atomic E-state index is 11.8. The Morgan fingerprint density at radius 2 is 1.65 bits per heavy atom. The molecular formula is C19H16N2O5. The molecule has 0 unspecified atom stereocenters. The minimum absolute atomic E-state index is 0.0703. The van der Waals surface area contributed by atoms with Gasteiger partial charge >= 0.3 is 5.97 Å². The third-order valence-electron chi connectivity index (χ3n) is 3.28. The summed E-state index contributed by atoms with van der Waals surface area (Å²) in [5, 5.41) is 11.2. The van der Waals surface area contributed by atoms with Gasteiger partial charge in [0.15, 0.2) is 19.0 Å². The summed E-state index contributed by atoms with van der Waals surface area (Å²) in [7, 11) is 0. The Morgan fingerprint density at radius 1 is 1.00 bits per heavy atom. The molecule has 0 spiro atoms. The van der Waals surface area contributed by atoms with Crippen molar-refractivity contribution in [3.8, 4) is 11.8 Å². The van der Waals surface area contributed by atoms with Crippen LogP contribution < -0.4 is 10.1 Å². The number of hydrogen-bond acceptors (Lipinski definition) is 6. The molecule has 132 valence electrons. The number of nitriles is 1. The van der Waals surface area contributed by atoms with Crippen LogP contribution in [0, 0.1) is 11.3 Å². The number of ether oxygens (including phenoxy) is 2. The Kier molecular flexibility index (Phi) is 6.46. The predicted octanol–water partition coefficient (Wildman–Crippen LogP) is 2.32. The standard InChI is InChI=1S/C19H16N2O5/c1-13(22)15-4-6-16(7-5-15)21-18(23)11-26-19(24)12-25-17-8-2-14(10-20)3-9-17/h2-9H,11-12H2,1H3,(H,21,23). The summed E-state index contributed by atoms with van der Waals surface area (Å²) < 4.78 is 10.0. The van der Waals surface area contributed by atoms with Crippen LogP contribution in [0.4, 0.5) is 5.69 Å². The van der Waals surface area contributed by atoms with Crippen LogP contribution in [0.25, 0.3) is 0 Å². The van der Waals surface area contributed by atoms with Crippen LogP contribution in [-0.2, 0) is 14.3 Å². The van der Waals surface area contributed by atoms with Gasteiger partial charge in [-0.05, 0) is 55.5 Å². The SMILES string of the molecule is CC(=O)c1ccc(NC(=O)COC(=O)COc2ccc(C#N)cc2)cc1. The van der Waals surface area contributed by atoms with Crippen LogP contribution in [-0.4, -0.2) is 30.9 Å². The Bertz CT molecular complexity index is 836. The van der Waals surface area contributed by atoms with Gasteiger partial charge in [0.1, 0.15) is 5.75 Å². The Labute approximate surface area is 150 Å². The number of esters is 1. The Morgan fingerprint density at radius 3 is 2.23 bits per heavy atom. The minimum Gasteiger partial charge on any atom is -0.482 e. The second kappa shape index (κ2) is 8.99. The van der Waals surface area contributed by atoms with Crippen molar-refractivity contribution < 1.29 is 23.9 Å². The zero-order valence-corrected chi connectivity index (χ0v) is 14.0. The number of carbonyl (C=O) groups excluding carboxylic acids is 3. The van der Waals surface area contributed by atoms with E-state index in [1.165, 1.54) is 6.92 Å². The Hall–Kier alpha value is -3.66. The largest absolute Gasteiger partial charge is 0.482 e. The van der Waals surface area contributed by atoms with Gasteiger partial charge in [-0.15, -0.1) is 0 Å². The molecule has 0 saturated heterocycles. The summed E-state index contributed by atoms with van der Waals surface area (Å²) in [5.74, 6) is -0.862. The molecule has 0 bridgehead atoms. The summed E-state index contributed by atoms with van der Waals surface area (Å²) in [6, 6.07) is 14.6. The summed E-state index contributed by atoms with van der Waals surface area (Å²) in [6.07, 6.45) is 0. The molecule has 0 aliphatic carbocycles. The third-order valence-corrected chi connectivity index (χ3v) is 3.28. The summed E-state index contributed by atoms with van der Waals surface area (Å²) >= 11 is 0. The van der Waals surface area contributed by atoms with E-state index in [1.807, 2.05) is 6.07 Å². The first-order chi connectivity index (χ1) is 12.5. The number of rotatable bonds is 7. The van der Waals surface area contributed by atoms with E-state index in [-0.39, 0.29) is 12.4 Å². The van der Waals surface area contributed by atoms with E-state index in [4.69, 9.17) is 14.7 Å². The molecule has 0 saturated carbocycles. The van der Waals surface area contributed by atoms with E-state index in [0.717, 1.165) is 0 Å². The van der Waals surface area contributed by atoms with Crippen molar-refractivity contribution in [3.05, 3.63) is 59.7 Å². The molecule has 2 rings (SSSR count). The molecule has 7 heteroatoms. The molecule has 0 aromatic heterocycles. The maximum Gasteiger partial charge on any atom is 0.344 e. The second-order valence-corrected chi connectivity index (χ2v) is 5.27. The molecule has 0 fully saturated rings. The van der Waals surface area contributed by atoms with Crippen LogP contribution in [0.3, 0.4) is 0 Å².